The fourth-order valence-electron chi connectivity index (χ4n) is 6.91. The van der Waals surface area contributed by atoms with E-state index in [1.165, 1.54) is 103 Å². The molecule has 1 fully saturated rings. The van der Waals surface area contributed by atoms with Gasteiger partial charge in [0.05, 0.1) is 25.4 Å². The number of amides is 1. The summed E-state index contributed by atoms with van der Waals surface area (Å²) >= 11 is 0. The van der Waals surface area contributed by atoms with Crippen molar-refractivity contribution < 1.29 is 50.0 Å². The Labute approximate surface area is 322 Å². The molecule has 0 spiro atoms. The Kier molecular flexibility index (Phi) is 31.1. The van der Waals surface area contributed by atoms with Crippen LogP contribution < -0.4 is 5.32 Å². The van der Waals surface area contributed by atoms with Crippen molar-refractivity contribution in [2.45, 2.75) is 236 Å². The normalized spacial score (nSPS) is 22.9. The molecule has 11 nitrogen and oxygen atoms in total. The first-order valence-electron chi connectivity index (χ1n) is 21.6. The van der Waals surface area contributed by atoms with Crippen LogP contribution in [-0.4, -0.2) is 110 Å². The van der Waals surface area contributed by atoms with E-state index in [0.29, 0.717) is 12.8 Å². The minimum Gasteiger partial charge on any atom is -0.394 e. The van der Waals surface area contributed by atoms with Crippen LogP contribution in [0.3, 0.4) is 0 Å². The molecular weight excluding hydrogens is 678 g/mol. The second kappa shape index (κ2) is 33.0. The summed E-state index contributed by atoms with van der Waals surface area (Å²) in [7, 11) is 0. The number of hydrogen-bond acceptors (Lipinski definition) is 10. The number of aliphatic hydroxyl groups excluding tert-OH is 7. The average molecular weight is 760 g/mol. The summed E-state index contributed by atoms with van der Waals surface area (Å²) in [6.45, 7) is 3.39. The molecule has 314 valence electrons. The molecule has 8 N–H and O–H groups in total. The number of aliphatic hydroxyl groups is 7. The lowest BCUT2D eigenvalue weighted by Crippen LogP contribution is -2.60. The van der Waals surface area contributed by atoms with Crippen LogP contribution in [0.4, 0.5) is 0 Å². The third-order valence-corrected chi connectivity index (χ3v) is 10.6. The van der Waals surface area contributed by atoms with Crippen LogP contribution in [0.1, 0.15) is 181 Å². The van der Waals surface area contributed by atoms with Crippen LogP contribution >= 0.6 is 0 Å². The molecule has 9 unspecified atom stereocenters. The van der Waals surface area contributed by atoms with Crippen molar-refractivity contribution >= 4 is 5.91 Å². The third kappa shape index (κ3) is 23.5. The number of ether oxygens (including phenoxy) is 2. The molecule has 1 aliphatic heterocycles. The molecular formula is C42H81NO10. The molecule has 1 saturated heterocycles. The van der Waals surface area contributed by atoms with Crippen molar-refractivity contribution in [1.82, 2.24) is 5.32 Å². The fraction of sp³-hybridized carbons (Fsp3) is 0.929. The van der Waals surface area contributed by atoms with E-state index in [2.05, 4.69) is 31.3 Å². The number of nitrogens with one attached hydrogen (secondary N) is 1. The van der Waals surface area contributed by atoms with E-state index in [9.17, 15) is 40.5 Å². The van der Waals surface area contributed by atoms with Gasteiger partial charge in [-0.3, -0.25) is 4.79 Å². The predicted octanol–water partition coefficient (Wildman–Crippen LogP) is 6.11. The Morgan fingerprint density at radius 3 is 1.62 bits per heavy atom. The van der Waals surface area contributed by atoms with E-state index in [4.69, 9.17) is 9.47 Å². The van der Waals surface area contributed by atoms with Gasteiger partial charge in [-0.15, -0.1) is 0 Å². The smallest absolute Gasteiger partial charge is 0.249 e. The number of carbonyl (C=O) groups is 1. The average Bonchev–Trinajstić information content (AvgIpc) is 3.16. The maximum atomic E-state index is 13.0. The summed E-state index contributed by atoms with van der Waals surface area (Å²) < 4.78 is 11.0. The van der Waals surface area contributed by atoms with Crippen molar-refractivity contribution in [3.63, 3.8) is 0 Å². The van der Waals surface area contributed by atoms with Crippen LogP contribution in [0.15, 0.2) is 12.2 Å². The third-order valence-electron chi connectivity index (χ3n) is 10.6. The maximum Gasteiger partial charge on any atom is 0.249 e. The van der Waals surface area contributed by atoms with Crippen LogP contribution in [-0.2, 0) is 14.3 Å². The minimum atomic E-state index is -1.66. The first kappa shape index (κ1) is 49.9. The lowest BCUT2D eigenvalue weighted by atomic mass is 9.98. The van der Waals surface area contributed by atoms with E-state index < -0.39 is 74.2 Å². The van der Waals surface area contributed by atoms with Gasteiger partial charge in [-0.1, -0.05) is 154 Å². The summed E-state index contributed by atoms with van der Waals surface area (Å²) in [6.07, 6.45) is 21.3. The number of unbranched alkanes of at least 4 members (excludes halogenated alkanes) is 21. The van der Waals surface area contributed by atoms with Gasteiger partial charge >= 0.3 is 0 Å². The second-order valence-corrected chi connectivity index (χ2v) is 15.4. The Bertz CT molecular complexity index is 877. The summed E-state index contributed by atoms with van der Waals surface area (Å²) in [5.74, 6) is -0.708. The van der Waals surface area contributed by atoms with E-state index in [1.54, 1.807) is 0 Å². The Morgan fingerprint density at radius 1 is 0.642 bits per heavy atom. The molecule has 9 atom stereocenters. The van der Waals surface area contributed by atoms with Gasteiger partial charge in [0.15, 0.2) is 6.29 Å². The zero-order chi connectivity index (χ0) is 39.1. The highest BCUT2D eigenvalue weighted by molar-refractivity contribution is 5.80. The van der Waals surface area contributed by atoms with Crippen molar-refractivity contribution in [2.24, 2.45) is 0 Å². The minimum absolute atomic E-state index is 0.257. The van der Waals surface area contributed by atoms with Crippen LogP contribution in [0.5, 0.6) is 0 Å². The molecule has 0 saturated carbocycles. The molecule has 1 aliphatic rings. The Morgan fingerprint density at radius 2 is 1.11 bits per heavy atom. The van der Waals surface area contributed by atoms with Gasteiger partial charge in [0.1, 0.15) is 36.6 Å². The molecule has 0 radical (unpaired) electrons. The van der Waals surface area contributed by atoms with Gasteiger partial charge < -0.3 is 50.5 Å². The van der Waals surface area contributed by atoms with Gasteiger partial charge in [0, 0.05) is 0 Å². The van der Waals surface area contributed by atoms with Gasteiger partial charge in [-0.2, -0.15) is 0 Å². The summed E-state index contributed by atoms with van der Waals surface area (Å²) in [6, 6.07) is -1.18. The topological polar surface area (TPSA) is 189 Å². The second-order valence-electron chi connectivity index (χ2n) is 15.4. The number of rotatable bonds is 35. The molecule has 0 aliphatic carbocycles. The van der Waals surface area contributed by atoms with Crippen molar-refractivity contribution in [3.8, 4) is 0 Å². The zero-order valence-electron chi connectivity index (χ0n) is 33.5. The van der Waals surface area contributed by atoms with Gasteiger partial charge in [-0.05, 0) is 38.5 Å². The monoisotopic (exact) mass is 760 g/mol. The molecule has 0 aromatic heterocycles. The fourth-order valence-corrected chi connectivity index (χ4v) is 6.91. The molecule has 11 heteroatoms. The number of allylic oxidation sites excluding steroid dienone is 2. The molecule has 0 bridgehead atoms. The van der Waals surface area contributed by atoms with E-state index >= 15 is 0 Å². The van der Waals surface area contributed by atoms with Gasteiger partial charge in [0.25, 0.3) is 0 Å². The summed E-state index contributed by atoms with van der Waals surface area (Å²) in [4.78, 5) is 13.0. The van der Waals surface area contributed by atoms with Gasteiger partial charge in [0.2, 0.25) is 5.91 Å². The van der Waals surface area contributed by atoms with Crippen molar-refractivity contribution in [1.29, 1.82) is 0 Å². The maximum absolute atomic E-state index is 13.0. The highest BCUT2D eigenvalue weighted by Gasteiger charge is 2.44. The van der Waals surface area contributed by atoms with Crippen LogP contribution in [0, 0.1) is 0 Å². The SMILES string of the molecule is CCCCCCCCCCCC/C=C/CCCC(O)C(O)C(COC1OC(CO)C(O)C(O)C1O)NC(=O)C(O)CCCCCCCCCCCCC. The molecule has 1 heterocycles. The quantitative estimate of drug-likeness (QED) is 0.0277. The summed E-state index contributed by atoms with van der Waals surface area (Å²) in [5, 5.41) is 75.4. The highest BCUT2D eigenvalue weighted by atomic mass is 16.7. The molecule has 1 rings (SSSR count). The van der Waals surface area contributed by atoms with E-state index in [-0.39, 0.29) is 12.8 Å². The molecule has 1 amide bonds. The van der Waals surface area contributed by atoms with Crippen LogP contribution in [0.25, 0.3) is 0 Å². The van der Waals surface area contributed by atoms with Crippen molar-refractivity contribution in [3.05, 3.63) is 12.2 Å². The standard InChI is InChI=1S/C42H81NO10/c1-3-5-7-9-11-13-15-16-17-18-20-21-23-25-27-29-34(45)37(47)33(32-52-42-40(50)39(49)38(48)36(31-44)53-42)43-41(51)35(46)30-28-26-24-22-19-14-12-10-8-6-4-2/h21,23,33-40,42,44-50H,3-20,22,24-32H2,1-2H3,(H,43,51)/b23-21+. The van der Waals surface area contributed by atoms with Crippen molar-refractivity contribution in [2.75, 3.05) is 13.2 Å². The largest absolute Gasteiger partial charge is 0.394 e. The number of hydrogen-bond donors (Lipinski definition) is 8. The Hall–Kier alpha value is -1.15. The van der Waals surface area contributed by atoms with E-state index in [0.717, 1.165) is 38.5 Å². The molecule has 53 heavy (non-hydrogen) atoms. The zero-order valence-corrected chi connectivity index (χ0v) is 33.5. The van der Waals surface area contributed by atoms with E-state index in [1.807, 2.05) is 0 Å². The predicted molar refractivity (Wildman–Crippen MR) is 210 cm³/mol. The number of carbonyl (C=O) groups excluding carboxylic acids is 1. The lowest BCUT2D eigenvalue weighted by Gasteiger charge is -2.40. The summed E-state index contributed by atoms with van der Waals surface area (Å²) in [5.41, 5.74) is 0. The Balaban J connectivity index is 2.53. The first-order chi connectivity index (χ1) is 25.7. The van der Waals surface area contributed by atoms with Crippen LogP contribution in [0.2, 0.25) is 0 Å². The lowest BCUT2D eigenvalue weighted by molar-refractivity contribution is -0.303. The first-order valence-corrected chi connectivity index (χ1v) is 21.6. The van der Waals surface area contributed by atoms with Gasteiger partial charge in [-0.25, -0.2) is 0 Å². The highest BCUT2D eigenvalue weighted by Crippen LogP contribution is 2.23. The molecule has 0 aromatic rings. The molecule has 0 aromatic carbocycles.